The Labute approximate surface area is 167 Å². The minimum atomic E-state index is 0.0297. The summed E-state index contributed by atoms with van der Waals surface area (Å²) in [5.41, 5.74) is 2.41. The summed E-state index contributed by atoms with van der Waals surface area (Å²) in [4.78, 5) is 27.5. The number of aromatic amines is 1. The summed E-state index contributed by atoms with van der Waals surface area (Å²) < 4.78 is 0. The zero-order valence-corrected chi connectivity index (χ0v) is 16.6. The molecule has 2 aromatic heterocycles. The van der Waals surface area contributed by atoms with Gasteiger partial charge in [0, 0.05) is 36.7 Å². The lowest BCUT2D eigenvalue weighted by Gasteiger charge is -2.35. The molecule has 2 aliphatic rings. The molecule has 0 saturated carbocycles. The quantitative estimate of drug-likeness (QED) is 0.712. The number of benzene rings is 1. The van der Waals surface area contributed by atoms with Crippen LogP contribution in [0.3, 0.4) is 0 Å². The highest BCUT2D eigenvalue weighted by Gasteiger charge is 2.22. The number of hydrogen-bond acceptors (Lipinski definition) is 6. The number of aromatic hydroxyl groups is 1. The van der Waals surface area contributed by atoms with Crippen molar-refractivity contribution < 1.29 is 5.11 Å². The van der Waals surface area contributed by atoms with Gasteiger partial charge >= 0.3 is 0 Å². The fraction of sp³-hybridized carbons (Fsp3) is 0.429. The number of H-pyrrole nitrogens is 1. The van der Waals surface area contributed by atoms with Crippen molar-refractivity contribution in [1.29, 1.82) is 0 Å². The predicted molar refractivity (Wildman–Crippen MR) is 112 cm³/mol. The molecule has 0 spiro atoms. The Bertz CT molecular complexity index is 1050. The molecule has 3 heterocycles. The maximum Gasteiger partial charge on any atom is 0.259 e. The number of nitrogens with one attached hydrogen (secondary N) is 1. The lowest BCUT2D eigenvalue weighted by Crippen LogP contribution is -2.46. The summed E-state index contributed by atoms with van der Waals surface area (Å²) in [6, 6.07) is 7.37. The van der Waals surface area contributed by atoms with Crippen molar-refractivity contribution in [3.05, 3.63) is 50.9 Å². The van der Waals surface area contributed by atoms with Crippen molar-refractivity contribution in [2.75, 3.05) is 31.1 Å². The number of nitrogens with zero attached hydrogens (tertiary/aromatic N) is 3. The van der Waals surface area contributed by atoms with Gasteiger partial charge in [0.2, 0.25) is 0 Å². The van der Waals surface area contributed by atoms with E-state index in [0.29, 0.717) is 12.3 Å². The van der Waals surface area contributed by atoms with Gasteiger partial charge in [0.1, 0.15) is 16.4 Å². The Kier molecular flexibility index (Phi) is 4.56. The van der Waals surface area contributed by atoms with Crippen LogP contribution in [0.4, 0.5) is 5.69 Å². The van der Waals surface area contributed by atoms with E-state index in [0.717, 1.165) is 60.7 Å². The van der Waals surface area contributed by atoms with E-state index in [1.54, 1.807) is 23.5 Å². The van der Waals surface area contributed by atoms with Gasteiger partial charge in [-0.2, -0.15) is 0 Å². The summed E-state index contributed by atoms with van der Waals surface area (Å²) in [6.45, 7) is 4.36. The Morgan fingerprint density at radius 1 is 1.07 bits per heavy atom. The lowest BCUT2D eigenvalue weighted by atomic mass is 9.97. The Morgan fingerprint density at radius 2 is 1.82 bits per heavy atom. The summed E-state index contributed by atoms with van der Waals surface area (Å²) in [7, 11) is 0. The third-order valence-electron chi connectivity index (χ3n) is 5.83. The first-order chi connectivity index (χ1) is 13.7. The molecule has 0 unspecified atom stereocenters. The topological polar surface area (TPSA) is 72.5 Å². The fourth-order valence-corrected chi connectivity index (χ4v) is 5.60. The van der Waals surface area contributed by atoms with Crippen LogP contribution in [0, 0.1) is 0 Å². The lowest BCUT2D eigenvalue weighted by molar-refractivity contribution is 0.244. The van der Waals surface area contributed by atoms with Gasteiger partial charge in [0.05, 0.1) is 11.9 Å². The number of hydrogen-bond donors (Lipinski definition) is 2. The SMILES string of the molecule is O=c1[nH]c(CN2CCN(c3ccc(O)cc3)CC2)nc2sc3c(c12)CCCC3. The van der Waals surface area contributed by atoms with Crippen LogP contribution in [0.2, 0.25) is 0 Å². The van der Waals surface area contributed by atoms with Gasteiger partial charge in [-0.1, -0.05) is 0 Å². The van der Waals surface area contributed by atoms with Crippen molar-refractivity contribution in [2.24, 2.45) is 0 Å². The second-order valence-electron chi connectivity index (χ2n) is 7.68. The van der Waals surface area contributed by atoms with E-state index in [-0.39, 0.29) is 5.56 Å². The molecule has 3 aromatic rings. The van der Waals surface area contributed by atoms with Crippen molar-refractivity contribution >= 4 is 27.2 Å². The third kappa shape index (κ3) is 3.29. The summed E-state index contributed by atoms with van der Waals surface area (Å²) in [5.74, 6) is 1.07. The summed E-state index contributed by atoms with van der Waals surface area (Å²) in [6.07, 6.45) is 4.49. The monoisotopic (exact) mass is 396 g/mol. The van der Waals surface area contributed by atoms with Crippen molar-refractivity contribution in [1.82, 2.24) is 14.9 Å². The number of phenolic OH excluding ortho intramolecular Hbond substituents is 1. The molecule has 1 saturated heterocycles. The molecule has 1 aliphatic heterocycles. The molecule has 28 heavy (non-hydrogen) atoms. The standard InChI is InChI=1S/C21H24N4O2S/c26-15-7-5-14(6-8-15)25-11-9-24(10-12-25)13-18-22-20(27)19-16-3-1-2-4-17(16)28-21(19)23-18/h5-8,26H,1-4,9-13H2,(H,22,23,27). The number of anilines is 1. The van der Waals surface area contributed by atoms with Crippen LogP contribution >= 0.6 is 11.3 Å². The van der Waals surface area contributed by atoms with Gasteiger partial charge in [-0.15, -0.1) is 11.3 Å². The van der Waals surface area contributed by atoms with E-state index in [2.05, 4.69) is 14.8 Å². The van der Waals surface area contributed by atoms with Gasteiger partial charge in [-0.05, 0) is 55.5 Å². The van der Waals surface area contributed by atoms with Crippen LogP contribution < -0.4 is 10.5 Å². The summed E-state index contributed by atoms with van der Waals surface area (Å²) in [5, 5.41) is 10.3. The summed E-state index contributed by atoms with van der Waals surface area (Å²) >= 11 is 1.71. The van der Waals surface area contributed by atoms with Crippen LogP contribution in [0.25, 0.3) is 10.2 Å². The third-order valence-corrected chi connectivity index (χ3v) is 7.02. The molecular weight excluding hydrogens is 372 g/mol. The fourth-order valence-electron chi connectivity index (χ4n) is 4.32. The highest BCUT2D eigenvalue weighted by atomic mass is 32.1. The number of phenols is 1. The first-order valence-electron chi connectivity index (χ1n) is 9.97. The highest BCUT2D eigenvalue weighted by Crippen LogP contribution is 2.33. The number of fused-ring (bicyclic) bond motifs is 3. The minimum Gasteiger partial charge on any atom is -0.508 e. The average Bonchev–Trinajstić information content (AvgIpc) is 3.08. The molecule has 1 aliphatic carbocycles. The molecule has 5 rings (SSSR count). The number of thiophene rings is 1. The van der Waals surface area contributed by atoms with E-state index < -0.39 is 0 Å². The number of aromatic nitrogens is 2. The van der Waals surface area contributed by atoms with Gasteiger partial charge < -0.3 is 15.0 Å². The van der Waals surface area contributed by atoms with Gasteiger partial charge in [-0.25, -0.2) is 4.98 Å². The second kappa shape index (κ2) is 7.22. The largest absolute Gasteiger partial charge is 0.508 e. The Balaban J connectivity index is 1.30. The van der Waals surface area contributed by atoms with Gasteiger partial charge in [-0.3, -0.25) is 9.69 Å². The molecule has 0 amide bonds. The van der Waals surface area contributed by atoms with Gasteiger partial charge in [0.15, 0.2) is 0 Å². The number of piperazine rings is 1. The molecule has 2 N–H and O–H groups in total. The van der Waals surface area contributed by atoms with Crippen LogP contribution in [0.5, 0.6) is 5.75 Å². The van der Waals surface area contributed by atoms with Crippen LogP contribution in [-0.4, -0.2) is 46.2 Å². The maximum absolute atomic E-state index is 12.7. The zero-order chi connectivity index (χ0) is 19.1. The van der Waals surface area contributed by atoms with Crippen molar-refractivity contribution in [2.45, 2.75) is 32.2 Å². The molecule has 0 bridgehead atoms. The Morgan fingerprint density at radius 3 is 2.61 bits per heavy atom. The smallest absolute Gasteiger partial charge is 0.259 e. The van der Waals surface area contributed by atoms with Crippen LogP contribution in [0.15, 0.2) is 29.1 Å². The molecule has 7 heteroatoms. The van der Waals surface area contributed by atoms with E-state index >= 15 is 0 Å². The zero-order valence-electron chi connectivity index (χ0n) is 15.8. The van der Waals surface area contributed by atoms with Crippen molar-refractivity contribution in [3.63, 3.8) is 0 Å². The number of rotatable bonds is 3. The average molecular weight is 397 g/mol. The molecule has 1 fully saturated rings. The molecular formula is C21H24N4O2S. The molecule has 146 valence electrons. The van der Waals surface area contributed by atoms with Crippen molar-refractivity contribution in [3.8, 4) is 5.75 Å². The molecule has 6 nitrogen and oxygen atoms in total. The van der Waals surface area contributed by atoms with E-state index in [1.807, 2.05) is 12.1 Å². The highest BCUT2D eigenvalue weighted by molar-refractivity contribution is 7.18. The van der Waals surface area contributed by atoms with Crippen LogP contribution in [0.1, 0.15) is 29.1 Å². The molecule has 0 atom stereocenters. The van der Waals surface area contributed by atoms with Crippen LogP contribution in [-0.2, 0) is 19.4 Å². The predicted octanol–water partition coefficient (Wildman–Crippen LogP) is 2.89. The minimum absolute atomic E-state index is 0.0297. The van der Waals surface area contributed by atoms with E-state index in [9.17, 15) is 9.90 Å². The second-order valence-corrected chi connectivity index (χ2v) is 8.77. The first-order valence-corrected chi connectivity index (χ1v) is 10.8. The molecule has 0 radical (unpaired) electrons. The van der Waals surface area contributed by atoms with E-state index in [1.165, 1.54) is 23.3 Å². The first kappa shape index (κ1) is 17.7. The Hall–Kier alpha value is -2.38. The number of aryl methyl sites for hydroxylation is 2. The molecule has 1 aromatic carbocycles. The normalized spacial score (nSPS) is 17.8. The maximum atomic E-state index is 12.7. The van der Waals surface area contributed by atoms with Gasteiger partial charge in [0.25, 0.3) is 5.56 Å². The van der Waals surface area contributed by atoms with E-state index in [4.69, 9.17) is 4.98 Å².